The van der Waals surface area contributed by atoms with E-state index in [-0.39, 0.29) is 11.8 Å². The molecule has 0 radical (unpaired) electrons. The van der Waals surface area contributed by atoms with Gasteiger partial charge in [0.1, 0.15) is 4.32 Å². The number of nitrogens with zero attached hydrogens (tertiary/aromatic N) is 2. The highest BCUT2D eigenvalue weighted by Gasteiger charge is 2.31. The van der Waals surface area contributed by atoms with E-state index in [1.807, 2.05) is 23.6 Å². The van der Waals surface area contributed by atoms with Crippen LogP contribution in [0.2, 0.25) is 0 Å². The standard InChI is InChI=1S/C15H15N3O2S4/c19-12(17-14-16-5-8-23-14)4-1-6-18-13(20)11(24-15(18)21)9-10-3-2-7-22-10/h2-3,7,9H,1,4-6,8H2,(H,16,17,19). The summed E-state index contributed by atoms with van der Waals surface area (Å²) < 4.78 is 0.555. The van der Waals surface area contributed by atoms with E-state index in [1.54, 1.807) is 28.0 Å². The van der Waals surface area contributed by atoms with E-state index in [2.05, 4.69) is 10.3 Å². The van der Waals surface area contributed by atoms with Crippen molar-refractivity contribution < 1.29 is 9.59 Å². The van der Waals surface area contributed by atoms with Crippen molar-refractivity contribution in [2.24, 2.45) is 4.99 Å². The lowest BCUT2D eigenvalue weighted by atomic mass is 10.2. The number of nitrogens with one attached hydrogen (secondary N) is 1. The van der Waals surface area contributed by atoms with Crippen molar-refractivity contribution in [3.8, 4) is 0 Å². The summed E-state index contributed by atoms with van der Waals surface area (Å²) in [6.45, 7) is 1.22. The molecule has 2 aliphatic heterocycles. The third-order valence-electron chi connectivity index (χ3n) is 3.31. The molecule has 5 nitrogen and oxygen atoms in total. The van der Waals surface area contributed by atoms with E-state index in [4.69, 9.17) is 12.2 Å². The maximum absolute atomic E-state index is 12.4. The molecule has 126 valence electrons. The van der Waals surface area contributed by atoms with Crippen LogP contribution in [0.1, 0.15) is 17.7 Å². The van der Waals surface area contributed by atoms with Gasteiger partial charge in [0.05, 0.1) is 11.4 Å². The molecule has 0 spiro atoms. The number of carbonyl (C=O) groups excluding carboxylic acids is 2. The number of amides is 2. The van der Waals surface area contributed by atoms with Crippen LogP contribution in [0.5, 0.6) is 0 Å². The number of rotatable bonds is 5. The lowest BCUT2D eigenvalue weighted by Gasteiger charge is -2.13. The predicted molar refractivity (Wildman–Crippen MR) is 106 cm³/mol. The number of hydrogen-bond donors (Lipinski definition) is 1. The Bertz CT molecular complexity index is 712. The summed E-state index contributed by atoms with van der Waals surface area (Å²) in [6.07, 6.45) is 2.79. The van der Waals surface area contributed by atoms with Gasteiger partial charge in [-0.25, -0.2) is 0 Å². The Morgan fingerprint density at radius 1 is 1.50 bits per heavy atom. The van der Waals surface area contributed by atoms with Gasteiger partial charge in [0, 0.05) is 23.6 Å². The minimum Gasteiger partial charge on any atom is -0.305 e. The van der Waals surface area contributed by atoms with Crippen LogP contribution in [-0.2, 0) is 9.59 Å². The molecular weight excluding hydrogens is 382 g/mol. The highest BCUT2D eigenvalue weighted by Crippen LogP contribution is 2.33. The second-order valence-corrected chi connectivity index (χ2v) is 8.77. The van der Waals surface area contributed by atoms with Crippen LogP contribution >= 0.6 is 47.1 Å². The minimum atomic E-state index is -0.0745. The number of carbonyl (C=O) groups is 2. The van der Waals surface area contributed by atoms with Crippen molar-refractivity contribution in [1.29, 1.82) is 0 Å². The fraction of sp³-hybridized carbons (Fsp3) is 0.333. The van der Waals surface area contributed by atoms with E-state index in [0.29, 0.717) is 33.8 Å². The fourth-order valence-corrected chi connectivity index (χ4v) is 4.96. The van der Waals surface area contributed by atoms with Gasteiger partial charge in [-0.3, -0.25) is 19.5 Å². The van der Waals surface area contributed by atoms with Crippen LogP contribution in [0.15, 0.2) is 27.4 Å². The van der Waals surface area contributed by atoms with Gasteiger partial charge in [0.25, 0.3) is 5.91 Å². The Hall–Kier alpha value is -1.16. The predicted octanol–water partition coefficient (Wildman–Crippen LogP) is 2.95. The van der Waals surface area contributed by atoms with E-state index >= 15 is 0 Å². The topological polar surface area (TPSA) is 61.8 Å². The molecule has 0 atom stereocenters. The molecule has 1 aromatic rings. The smallest absolute Gasteiger partial charge is 0.266 e. The van der Waals surface area contributed by atoms with Gasteiger partial charge < -0.3 is 5.32 Å². The highest BCUT2D eigenvalue weighted by molar-refractivity contribution is 8.26. The number of hydrogen-bond acceptors (Lipinski definition) is 7. The summed E-state index contributed by atoms with van der Waals surface area (Å²) in [7, 11) is 0. The molecule has 1 N–H and O–H groups in total. The van der Waals surface area contributed by atoms with Gasteiger partial charge in [0.15, 0.2) is 5.17 Å². The summed E-state index contributed by atoms with van der Waals surface area (Å²) in [5, 5.41) is 5.46. The molecule has 0 aromatic carbocycles. The summed E-state index contributed by atoms with van der Waals surface area (Å²) >= 11 is 9.75. The zero-order valence-electron chi connectivity index (χ0n) is 12.7. The van der Waals surface area contributed by atoms with Crippen LogP contribution in [-0.4, -0.2) is 45.0 Å². The van der Waals surface area contributed by atoms with Crippen LogP contribution in [0.4, 0.5) is 0 Å². The van der Waals surface area contributed by atoms with E-state index in [0.717, 1.165) is 17.2 Å². The lowest BCUT2D eigenvalue weighted by molar-refractivity contribution is -0.123. The van der Waals surface area contributed by atoms with Gasteiger partial charge in [0.2, 0.25) is 5.91 Å². The molecule has 1 saturated heterocycles. The van der Waals surface area contributed by atoms with Crippen LogP contribution in [0.3, 0.4) is 0 Å². The van der Waals surface area contributed by atoms with E-state index < -0.39 is 0 Å². The monoisotopic (exact) mass is 397 g/mol. The van der Waals surface area contributed by atoms with Crippen molar-refractivity contribution in [3.05, 3.63) is 27.3 Å². The molecule has 1 fully saturated rings. The van der Waals surface area contributed by atoms with Crippen LogP contribution < -0.4 is 5.32 Å². The van der Waals surface area contributed by atoms with E-state index in [9.17, 15) is 9.59 Å². The van der Waals surface area contributed by atoms with Crippen LogP contribution in [0, 0.1) is 0 Å². The van der Waals surface area contributed by atoms with E-state index in [1.165, 1.54) is 11.8 Å². The van der Waals surface area contributed by atoms with Crippen molar-refractivity contribution in [1.82, 2.24) is 10.2 Å². The first-order chi connectivity index (χ1) is 11.6. The van der Waals surface area contributed by atoms with Crippen LogP contribution in [0.25, 0.3) is 6.08 Å². The Labute approximate surface area is 158 Å². The number of amidine groups is 1. The summed E-state index contributed by atoms with van der Waals surface area (Å²) in [5.41, 5.74) is 0. The molecule has 2 amide bonds. The third-order valence-corrected chi connectivity index (χ3v) is 6.40. The largest absolute Gasteiger partial charge is 0.305 e. The molecule has 3 heterocycles. The van der Waals surface area contributed by atoms with Gasteiger partial charge in [-0.2, -0.15) is 0 Å². The molecule has 1 aromatic heterocycles. The number of thiophene rings is 1. The molecule has 2 aliphatic rings. The van der Waals surface area contributed by atoms with Gasteiger partial charge in [-0.05, 0) is 23.9 Å². The molecule has 0 bridgehead atoms. The first-order valence-corrected chi connectivity index (χ1v) is 10.5. The molecule has 3 rings (SSSR count). The second kappa shape index (κ2) is 8.28. The Balaban J connectivity index is 1.49. The highest BCUT2D eigenvalue weighted by atomic mass is 32.2. The molecule has 0 saturated carbocycles. The molecule has 0 aliphatic carbocycles. The second-order valence-electron chi connectivity index (χ2n) is 5.04. The lowest BCUT2D eigenvalue weighted by Crippen LogP contribution is -2.31. The minimum absolute atomic E-state index is 0.0669. The fourth-order valence-electron chi connectivity index (χ4n) is 2.19. The first-order valence-electron chi connectivity index (χ1n) is 7.39. The average molecular weight is 398 g/mol. The number of aliphatic imine (C=N–C) groups is 1. The van der Waals surface area contributed by atoms with Crippen molar-refractivity contribution in [2.75, 3.05) is 18.8 Å². The quantitative estimate of drug-likeness (QED) is 0.611. The Kier molecular flexibility index (Phi) is 6.09. The Morgan fingerprint density at radius 2 is 2.38 bits per heavy atom. The summed E-state index contributed by atoms with van der Waals surface area (Å²) in [5.74, 6) is 0.778. The normalized spacial score (nSPS) is 19.2. The molecule has 24 heavy (non-hydrogen) atoms. The number of thiocarbonyl (C=S) groups is 1. The first kappa shape index (κ1) is 17.7. The summed E-state index contributed by atoms with van der Waals surface area (Å²) in [6, 6.07) is 3.91. The average Bonchev–Trinajstić information content (AvgIpc) is 3.27. The summed E-state index contributed by atoms with van der Waals surface area (Å²) in [4.78, 5) is 31.7. The van der Waals surface area contributed by atoms with Crippen molar-refractivity contribution >= 4 is 74.5 Å². The van der Waals surface area contributed by atoms with Gasteiger partial charge >= 0.3 is 0 Å². The third kappa shape index (κ3) is 4.47. The zero-order valence-corrected chi connectivity index (χ0v) is 16.0. The molecular formula is C15H15N3O2S4. The molecule has 9 heteroatoms. The van der Waals surface area contributed by atoms with Crippen molar-refractivity contribution in [3.63, 3.8) is 0 Å². The zero-order chi connectivity index (χ0) is 16.9. The SMILES string of the molecule is O=C(CCCN1C(=O)C(=Cc2cccs2)SC1=S)NC1=NCCS1. The van der Waals surface area contributed by atoms with Gasteiger partial charge in [-0.15, -0.1) is 11.3 Å². The number of thioether (sulfide) groups is 2. The maximum atomic E-state index is 12.4. The maximum Gasteiger partial charge on any atom is 0.266 e. The molecule has 0 unspecified atom stereocenters. The van der Waals surface area contributed by atoms with Crippen molar-refractivity contribution in [2.45, 2.75) is 12.8 Å². The Morgan fingerprint density at radius 3 is 3.08 bits per heavy atom. The van der Waals surface area contributed by atoms with Gasteiger partial charge in [-0.1, -0.05) is 41.8 Å².